The molecule has 0 saturated carbocycles. The van der Waals surface area contributed by atoms with Crippen molar-refractivity contribution in [3.63, 3.8) is 0 Å². The minimum absolute atomic E-state index is 0.0535. The Kier molecular flexibility index (Phi) is 5.91. The van der Waals surface area contributed by atoms with E-state index in [2.05, 4.69) is 0 Å². The van der Waals surface area contributed by atoms with Crippen LogP contribution >= 0.6 is 23.2 Å². The van der Waals surface area contributed by atoms with E-state index in [0.29, 0.717) is 18.7 Å². The molecule has 1 aromatic carbocycles. The van der Waals surface area contributed by atoms with Crippen LogP contribution in [0.4, 0.5) is 5.69 Å². The SMILES string of the molecule is COCCN(C(=O)c1cc(Cl)c(N)c(Cl)c1)C(C)C. The average molecular weight is 305 g/mol. The molecule has 1 aromatic rings. The second-order valence-corrected chi connectivity index (χ2v) is 5.25. The maximum absolute atomic E-state index is 12.4. The van der Waals surface area contributed by atoms with Crippen LogP contribution < -0.4 is 5.73 Å². The minimum atomic E-state index is -0.143. The van der Waals surface area contributed by atoms with E-state index in [4.69, 9.17) is 33.7 Å². The maximum Gasteiger partial charge on any atom is 0.254 e. The molecule has 0 saturated heterocycles. The van der Waals surface area contributed by atoms with E-state index in [0.717, 1.165) is 0 Å². The Morgan fingerprint density at radius 2 is 1.89 bits per heavy atom. The van der Waals surface area contributed by atoms with Crippen LogP contribution in [-0.2, 0) is 4.74 Å². The molecular formula is C13H18Cl2N2O2. The van der Waals surface area contributed by atoms with Crippen LogP contribution in [0.25, 0.3) is 0 Å². The first-order valence-electron chi connectivity index (χ1n) is 5.93. The molecule has 4 nitrogen and oxygen atoms in total. The Morgan fingerprint density at radius 1 is 1.37 bits per heavy atom. The van der Waals surface area contributed by atoms with Crippen molar-refractivity contribution in [2.24, 2.45) is 0 Å². The summed E-state index contributed by atoms with van der Waals surface area (Å²) in [5.41, 5.74) is 6.37. The Bertz CT molecular complexity index is 441. The van der Waals surface area contributed by atoms with Crippen molar-refractivity contribution in [3.05, 3.63) is 27.7 Å². The zero-order chi connectivity index (χ0) is 14.6. The summed E-state index contributed by atoms with van der Waals surface area (Å²) < 4.78 is 5.01. The lowest BCUT2D eigenvalue weighted by atomic mass is 10.1. The van der Waals surface area contributed by atoms with Gasteiger partial charge >= 0.3 is 0 Å². The molecule has 1 amide bonds. The third-order valence-corrected chi connectivity index (χ3v) is 3.37. The van der Waals surface area contributed by atoms with Gasteiger partial charge in [0.25, 0.3) is 5.91 Å². The summed E-state index contributed by atoms with van der Waals surface area (Å²) >= 11 is 11.9. The number of nitrogens with zero attached hydrogens (tertiary/aromatic N) is 1. The molecule has 106 valence electrons. The number of methoxy groups -OCH3 is 1. The first kappa shape index (κ1) is 16.1. The number of carbonyl (C=O) groups is 1. The molecule has 0 aliphatic heterocycles. The van der Waals surface area contributed by atoms with E-state index >= 15 is 0 Å². The summed E-state index contributed by atoms with van der Waals surface area (Å²) in [6.07, 6.45) is 0. The maximum atomic E-state index is 12.4. The fraction of sp³-hybridized carbons (Fsp3) is 0.462. The number of carbonyl (C=O) groups excluding carboxylic acids is 1. The van der Waals surface area contributed by atoms with Gasteiger partial charge in [-0.3, -0.25) is 4.79 Å². The molecule has 0 radical (unpaired) electrons. The minimum Gasteiger partial charge on any atom is -0.396 e. The topological polar surface area (TPSA) is 55.6 Å². The number of amides is 1. The third kappa shape index (κ3) is 4.00. The van der Waals surface area contributed by atoms with Gasteiger partial charge < -0.3 is 15.4 Å². The number of halogens is 2. The molecule has 0 unspecified atom stereocenters. The number of anilines is 1. The fourth-order valence-electron chi connectivity index (χ4n) is 1.66. The molecule has 0 aliphatic rings. The number of hydrogen-bond acceptors (Lipinski definition) is 3. The molecule has 0 heterocycles. The second kappa shape index (κ2) is 6.98. The number of rotatable bonds is 5. The summed E-state index contributed by atoms with van der Waals surface area (Å²) in [6, 6.07) is 3.12. The van der Waals surface area contributed by atoms with Gasteiger partial charge in [-0.2, -0.15) is 0 Å². The Labute approximate surface area is 123 Å². The van der Waals surface area contributed by atoms with Crippen LogP contribution in [-0.4, -0.2) is 37.1 Å². The van der Waals surface area contributed by atoms with Gasteiger partial charge in [-0.1, -0.05) is 23.2 Å². The van der Waals surface area contributed by atoms with Gasteiger partial charge in [-0.15, -0.1) is 0 Å². The van der Waals surface area contributed by atoms with Crippen LogP contribution in [0.15, 0.2) is 12.1 Å². The van der Waals surface area contributed by atoms with E-state index in [1.165, 1.54) is 12.1 Å². The van der Waals surface area contributed by atoms with Crippen molar-refractivity contribution in [3.8, 4) is 0 Å². The van der Waals surface area contributed by atoms with Gasteiger partial charge in [0.1, 0.15) is 0 Å². The predicted molar refractivity (Wildman–Crippen MR) is 78.9 cm³/mol. The molecule has 0 aliphatic carbocycles. The molecule has 0 bridgehead atoms. The summed E-state index contributed by atoms with van der Waals surface area (Å²) in [4.78, 5) is 14.1. The van der Waals surface area contributed by atoms with Crippen molar-refractivity contribution < 1.29 is 9.53 Å². The van der Waals surface area contributed by atoms with E-state index in [1.807, 2.05) is 13.8 Å². The fourth-order valence-corrected chi connectivity index (χ4v) is 2.14. The zero-order valence-electron chi connectivity index (χ0n) is 11.2. The van der Waals surface area contributed by atoms with E-state index < -0.39 is 0 Å². The third-order valence-electron chi connectivity index (χ3n) is 2.75. The van der Waals surface area contributed by atoms with E-state index in [1.54, 1.807) is 12.0 Å². The van der Waals surface area contributed by atoms with E-state index in [9.17, 15) is 4.79 Å². The quantitative estimate of drug-likeness (QED) is 0.851. The highest BCUT2D eigenvalue weighted by Crippen LogP contribution is 2.29. The Hall–Kier alpha value is -0.970. The first-order chi connectivity index (χ1) is 8.88. The van der Waals surface area contributed by atoms with Gasteiger partial charge in [-0.25, -0.2) is 0 Å². The lowest BCUT2D eigenvalue weighted by Crippen LogP contribution is -2.39. The number of nitrogen functional groups attached to an aromatic ring is 1. The molecule has 1 rings (SSSR count). The van der Waals surface area contributed by atoms with Crippen LogP contribution in [0.5, 0.6) is 0 Å². The van der Waals surface area contributed by atoms with Gasteiger partial charge in [0.15, 0.2) is 0 Å². The van der Waals surface area contributed by atoms with Crippen molar-refractivity contribution in [1.82, 2.24) is 4.90 Å². The normalized spacial score (nSPS) is 10.8. The van der Waals surface area contributed by atoms with Crippen LogP contribution in [0.2, 0.25) is 10.0 Å². The summed E-state index contributed by atoms with van der Waals surface area (Å²) in [5, 5.41) is 0.567. The number of benzene rings is 1. The second-order valence-electron chi connectivity index (χ2n) is 4.44. The lowest BCUT2D eigenvalue weighted by Gasteiger charge is -2.26. The largest absolute Gasteiger partial charge is 0.396 e. The van der Waals surface area contributed by atoms with Gasteiger partial charge in [-0.05, 0) is 26.0 Å². The highest BCUT2D eigenvalue weighted by Gasteiger charge is 2.20. The lowest BCUT2D eigenvalue weighted by molar-refractivity contribution is 0.0635. The zero-order valence-corrected chi connectivity index (χ0v) is 12.8. The first-order valence-corrected chi connectivity index (χ1v) is 6.68. The van der Waals surface area contributed by atoms with Crippen LogP contribution in [0.3, 0.4) is 0 Å². The van der Waals surface area contributed by atoms with Crippen LogP contribution in [0, 0.1) is 0 Å². The molecule has 19 heavy (non-hydrogen) atoms. The van der Waals surface area contributed by atoms with Crippen molar-refractivity contribution in [2.75, 3.05) is 26.0 Å². The number of hydrogen-bond donors (Lipinski definition) is 1. The Balaban J connectivity index is 3.03. The number of ether oxygens (including phenoxy) is 1. The summed E-state index contributed by atoms with van der Waals surface area (Å²) in [7, 11) is 1.60. The molecular weight excluding hydrogens is 287 g/mol. The monoisotopic (exact) mass is 304 g/mol. The van der Waals surface area contributed by atoms with Crippen molar-refractivity contribution in [2.45, 2.75) is 19.9 Å². The summed E-state index contributed by atoms with van der Waals surface area (Å²) in [5.74, 6) is -0.143. The molecule has 2 N–H and O–H groups in total. The molecule has 0 spiro atoms. The smallest absolute Gasteiger partial charge is 0.254 e. The molecule has 6 heteroatoms. The van der Waals surface area contributed by atoms with Crippen molar-refractivity contribution in [1.29, 1.82) is 0 Å². The van der Waals surface area contributed by atoms with Gasteiger partial charge in [0.2, 0.25) is 0 Å². The van der Waals surface area contributed by atoms with Crippen molar-refractivity contribution >= 4 is 34.8 Å². The molecule has 0 atom stereocenters. The average Bonchev–Trinajstić information content (AvgIpc) is 2.35. The number of nitrogens with two attached hydrogens (primary N) is 1. The molecule has 0 fully saturated rings. The van der Waals surface area contributed by atoms with E-state index in [-0.39, 0.29) is 27.7 Å². The predicted octanol–water partition coefficient (Wildman–Crippen LogP) is 3.07. The highest BCUT2D eigenvalue weighted by molar-refractivity contribution is 6.39. The molecule has 0 aromatic heterocycles. The van der Waals surface area contributed by atoms with Crippen LogP contribution in [0.1, 0.15) is 24.2 Å². The highest BCUT2D eigenvalue weighted by atomic mass is 35.5. The van der Waals surface area contributed by atoms with Gasteiger partial charge in [0, 0.05) is 25.3 Å². The standard InChI is InChI=1S/C13H18Cl2N2O2/c1-8(2)17(4-5-19-3)13(18)9-6-10(14)12(16)11(15)7-9/h6-8H,4-5,16H2,1-3H3. The summed E-state index contributed by atoms with van der Waals surface area (Å²) in [6.45, 7) is 4.86. The van der Waals surface area contributed by atoms with Gasteiger partial charge in [0.05, 0.1) is 22.3 Å². The Morgan fingerprint density at radius 3 is 2.32 bits per heavy atom.